The van der Waals surface area contributed by atoms with E-state index in [0.717, 1.165) is 29.1 Å². The first-order chi connectivity index (χ1) is 12.5. The fraction of sp³-hybridized carbons (Fsp3) is 0.316. The smallest absolute Gasteiger partial charge is 0.321 e. The zero-order valence-electron chi connectivity index (χ0n) is 15.5. The SMILES string of the molecule is CCc1nn(C)c(NC(=O)N[C@@H](c2ccccc2)c2nccn2C)c1C. The number of nitrogens with zero attached hydrogens (tertiary/aromatic N) is 4. The number of aryl methyl sites for hydroxylation is 3. The van der Waals surface area contributed by atoms with Gasteiger partial charge >= 0.3 is 6.03 Å². The zero-order valence-corrected chi connectivity index (χ0v) is 15.5. The summed E-state index contributed by atoms with van der Waals surface area (Å²) in [5.41, 5.74) is 2.93. The summed E-state index contributed by atoms with van der Waals surface area (Å²) in [5.74, 6) is 1.47. The maximum absolute atomic E-state index is 12.7. The number of imidazole rings is 1. The average molecular weight is 352 g/mol. The number of rotatable bonds is 5. The largest absolute Gasteiger partial charge is 0.336 e. The van der Waals surface area contributed by atoms with Crippen LogP contribution in [0.4, 0.5) is 10.6 Å². The first-order valence-electron chi connectivity index (χ1n) is 8.63. The Morgan fingerprint density at radius 2 is 1.96 bits per heavy atom. The van der Waals surface area contributed by atoms with Gasteiger partial charge in [0.2, 0.25) is 0 Å². The monoisotopic (exact) mass is 352 g/mol. The summed E-state index contributed by atoms with van der Waals surface area (Å²) >= 11 is 0. The molecule has 0 aliphatic heterocycles. The van der Waals surface area contributed by atoms with Gasteiger partial charge in [0.15, 0.2) is 0 Å². The highest BCUT2D eigenvalue weighted by atomic mass is 16.2. The van der Waals surface area contributed by atoms with Crippen molar-refractivity contribution in [3.05, 3.63) is 65.4 Å². The highest BCUT2D eigenvalue weighted by molar-refractivity contribution is 5.89. The van der Waals surface area contributed by atoms with Gasteiger partial charge in [0.05, 0.1) is 5.69 Å². The van der Waals surface area contributed by atoms with E-state index in [2.05, 4.69) is 20.7 Å². The Kier molecular flexibility index (Phi) is 5.06. The van der Waals surface area contributed by atoms with Crippen LogP contribution in [0, 0.1) is 6.92 Å². The molecule has 0 unspecified atom stereocenters. The normalized spacial score (nSPS) is 12.0. The van der Waals surface area contributed by atoms with Crippen LogP contribution in [0.5, 0.6) is 0 Å². The van der Waals surface area contributed by atoms with Gasteiger partial charge in [-0.05, 0) is 18.9 Å². The van der Waals surface area contributed by atoms with E-state index < -0.39 is 0 Å². The lowest BCUT2D eigenvalue weighted by Crippen LogP contribution is -2.35. The molecule has 2 aromatic heterocycles. The van der Waals surface area contributed by atoms with Crippen LogP contribution in [0.15, 0.2) is 42.7 Å². The second-order valence-corrected chi connectivity index (χ2v) is 6.24. The van der Waals surface area contributed by atoms with Gasteiger partial charge < -0.3 is 9.88 Å². The van der Waals surface area contributed by atoms with Crippen molar-refractivity contribution in [1.82, 2.24) is 24.6 Å². The first kappa shape index (κ1) is 17.7. The van der Waals surface area contributed by atoms with Crippen LogP contribution in [0.2, 0.25) is 0 Å². The third kappa shape index (κ3) is 3.46. The second kappa shape index (κ2) is 7.43. The summed E-state index contributed by atoms with van der Waals surface area (Å²) in [6, 6.07) is 9.15. The van der Waals surface area contributed by atoms with Crippen molar-refractivity contribution in [3.63, 3.8) is 0 Å². The molecule has 2 N–H and O–H groups in total. The standard InChI is InChI=1S/C19H24N6O/c1-5-15-13(2)17(25(4)23-15)22-19(26)21-16(14-9-7-6-8-10-14)18-20-11-12-24(18)3/h6-12,16H,5H2,1-4H3,(H2,21,22,26)/t16-/m0/s1. The number of aromatic nitrogens is 4. The maximum atomic E-state index is 12.7. The number of carbonyl (C=O) groups excluding carboxylic acids is 1. The molecule has 3 rings (SSSR count). The van der Waals surface area contributed by atoms with Crippen LogP contribution >= 0.6 is 0 Å². The maximum Gasteiger partial charge on any atom is 0.321 e. The molecule has 2 heterocycles. The summed E-state index contributed by atoms with van der Waals surface area (Å²) in [6.07, 6.45) is 4.41. The Balaban J connectivity index is 1.85. The predicted octanol–water partition coefficient (Wildman–Crippen LogP) is 2.94. The summed E-state index contributed by atoms with van der Waals surface area (Å²) in [7, 11) is 3.74. The number of anilines is 1. The number of hydrogen-bond donors (Lipinski definition) is 2. The number of urea groups is 1. The molecule has 0 saturated carbocycles. The van der Waals surface area contributed by atoms with Crippen molar-refractivity contribution in [2.45, 2.75) is 26.3 Å². The number of nitrogens with one attached hydrogen (secondary N) is 2. The summed E-state index contributed by atoms with van der Waals surface area (Å²) in [4.78, 5) is 17.1. The fourth-order valence-corrected chi connectivity index (χ4v) is 3.07. The number of benzene rings is 1. The van der Waals surface area contributed by atoms with Crippen molar-refractivity contribution in [1.29, 1.82) is 0 Å². The Bertz CT molecular complexity index is 896. The summed E-state index contributed by atoms with van der Waals surface area (Å²) < 4.78 is 3.61. The molecular formula is C19H24N6O. The molecule has 0 aliphatic carbocycles. The van der Waals surface area contributed by atoms with Crippen molar-refractivity contribution < 1.29 is 4.79 Å². The molecule has 1 aromatic carbocycles. The zero-order chi connectivity index (χ0) is 18.7. The molecular weight excluding hydrogens is 328 g/mol. The summed E-state index contributed by atoms with van der Waals surface area (Å²) in [5, 5.41) is 10.4. The van der Waals surface area contributed by atoms with Gasteiger partial charge in [0.25, 0.3) is 0 Å². The molecule has 0 aliphatic rings. The number of carbonyl (C=O) groups is 1. The molecule has 3 aromatic rings. The molecule has 1 atom stereocenters. The molecule has 0 saturated heterocycles. The van der Waals surface area contributed by atoms with Crippen molar-refractivity contribution in [2.75, 3.05) is 5.32 Å². The molecule has 0 bridgehead atoms. The Labute approximate surface area is 153 Å². The van der Waals surface area contributed by atoms with Gasteiger partial charge in [0, 0.05) is 32.1 Å². The summed E-state index contributed by atoms with van der Waals surface area (Å²) in [6.45, 7) is 4.01. The van der Waals surface area contributed by atoms with Crippen LogP contribution in [0.1, 0.15) is 35.6 Å². The van der Waals surface area contributed by atoms with Crippen molar-refractivity contribution in [2.24, 2.45) is 14.1 Å². The van der Waals surface area contributed by atoms with Gasteiger partial charge in [-0.25, -0.2) is 9.78 Å². The van der Waals surface area contributed by atoms with E-state index in [-0.39, 0.29) is 12.1 Å². The van der Waals surface area contributed by atoms with Crippen LogP contribution < -0.4 is 10.6 Å². The van der Waals surface area contributed by atoms with Gasteiger partial charge in [0.1, 0.15) is 17.7 Å². The molecule has 136 valence electrons. The van der Waals surface area contributed by atoms with Gasteiger partial charge in [-0.3, -0.25) is 10.00 Å². The number of amides is 2. The molecule has 26 heavy (non-hydrogen) atoms. The third-order valence-corrected chi connectivity index (χ3v) is 4.47. The van der Waals surface area contributed by atoms with Crippen LogP contribution in [0.25, 0.3) is 0 Å². The van der Waals surface area contributed by atoms with Crippen molar-refractivity contribution in [3.8, 4) is 0 Å². The van der Waals surface area contributed by atoms with Gasteiger partial charge in [-0.2, -0.15) is 5.10 Å². The van der Waals surface area contributed by atoms with E-state index >= 15 is 0 Å². The van der Waals surface area contributed by atoms with E-state index in [1.165, 1.54) is 0 Å². The highest BCUT2D eigenvalue weighted by Gasteiger charge is 2.22. The molecule has 0 spiro atoms. The number of hydrogen-bond acceptors (Lipinski definition) is 3. The Morgan fingerprint density at radius 3 is 2.54 bits per heavy atom. The minimum Gasteiger partial charge on any atom is -0.336 e. The lowest BCUT2D eigenvalue weighted by Gasteiger charge is -2.19. The van der Waals surface area contributed by atoms with E-state index in [1.54, 1.807) is 10.9 Å². The molecule has 2 amide bonds. The molecule has 7 heteroatoms. The minimum atomic E-state index is -0.352. The lowest BCUT2D eigenvalue weighted by molar-refractivity contribution is 0.249. The minimum absolute atomic E-state index is 0.296. The van der Waals surface area contributed by atoms with Crippen molar-refractivity contribution >= 4 is 11.8 Å². The predicted molar refractivity (Wildman–Crippen MR) is 101 cm³/mol. The molecule has 7 nitrogen and oxygen atoms in total. The highest BCUT2D eigenvalue weighted by Crippen LogP contribution is 2.22. The third-order valence-electron chi connectivity index (χ3n) is 4.47. The quantitative estimate of drug-likeness (QED) is 0.741. The topological polar surface area (TPSA) is 76.8 Å². The molecule has 0 fully saturated rings. The fourth-order valence-electron chi connectivity index (χ4n) is 3.07. The first-order valence-corrected chi connectivity index (χ1v) is 8.63. The van der Waals surface area contributed by atoms with E-state index in [1.807, 2.05) is 69.0 Å². The Hall–Kier alpha value is -3.09. The Morgan fingerprint density at radius 1 is 1.23 bits per heavy atom. The van der Waals surface area contributed by atoms with E-state index in [4.69, 9.17) is 0 Å². The van der Waals surface area contributed by atoms with Crippen LogP contribution in [-0.4, -0.2) is 25.4 Å². The molecule has 0 radical (unpaired) electrons. The lowest BCUT2D eigenvalue weighted by atomic mass is 10.1. The van der Waals surface area contributed by atoms with Gasteiger partial charge in [-0.15, -0.1) is 0 Å². The van der Waals surface area contributed by atoms with Crippen LogP contribution in [0.3, 0.4) is 0 Å². The average Bonchev–Trinajstić information content (AvgIpc) is 3.18. The van der Waals surface area contributed by atoms with Gasteiger partial charge in [-0.1, -0.05) is 37.3 Å². The van der Waals surface area contributed by atoms with E-state index in [9.17, 15) is 4.79 Å². The van der Waals surface area contributed by atoms with E-state index in [0.29, 0.717) is 5.82 Å². The second-order valence-electron chi connectivity index (χ2n) is 6.24. The van der Waals surface area contributed by atoms with Crippen LogP contribution in [-0.2, 0) is 20.5 Å².